The maximum atomic E-state index is 12.0. The summed E-state index contributed by atoms with van der Waals surface area (Å²) in [6, 6.07) is 0. The summed E-state index contributed by atoms with van der Waals surface area (Å²) in [5.74, 6) is 2.02. The molecule has 1 rings (SSSR count). The van der Waals surface area contributed by atoms with Gasteiger partial charge in [-0.1, -0.05) is 6.92 Å². The van der Waals surface area contributed by atoms with Gasteiger partial charge in [-0.05, 0) is 25.0 Å². The van der Waals surface area contributed by atoms with Crippen molar-refractivity contribution in [2.24, 2.45) is 0 Å². The van der Waals surface area contributed by atoms with Gasteiger partial charge in [0.15, 0.2) is 5.03 Å². The van der Waals surface area contributed by atoms with Crippen molar-refractivity contribution >= 4 is 21.8 Å². The van der Waals surface area contributed by atoms with Gasteiger partial charge in [-0.15, -0.1) is 0 Å². The number of nitrogens with zero attached hydrogens (tertiary/aromatic N) is 1. The van der Waals surface area contributed by atoms with Crippen LogP contribution in [0, 0.1) is 0 Å². The molecule has 0 aliphatic rings. The molecule has 3 N–H and O–H groups in total. The molecule has 0 aliphatic heterocycles. The normalized spacial score (nSPS) is 11.9. The van der Waals surface area contributed by atoms with E-state index in [0.29, 0.717) is 18.7 Å². The van der Waals surface area contributed by atoms with Gasteiger partial charge in [0.05, 0.1) is 6.20 Å². The van der Waals surface area contributed by atoms with Gasteiger partial charge < -0.3 is 5.32 Å². The second-order valence-corrected chi connectivity index (χ2v) is 6.80. The lowest BCUT2D eigenvalue weighted by Gasteiger charge is -2.06. The van der Waals surface area contributed by atoms with Crippen molar-refractivity contribution in [1.82, 2.24) is 20.2 Å². The summed E-state index contributed by atoms with van der Waals surface area (Å²) in [4.78, 5) is 0. The molecule has 0 radical (unpaired) electrons. The highest BCUT2D eigenvalue weighted by atomic mass is 32.2. The van der Waals surface area contributed by atoms with E-state index in [1.807, 2.05) is 0 Å². The Balaban J connectivity index is 2.54. The molecule has 0 saturated carbocycles. The molecule has 0 spiro atoms. The number of hydrogen-bond acceptors (Lipinski definition) is 5. The molecule has 6 nitrogen and oxygen atoms in total. The van der Waals surface area contributed by atoms with Crippen molar-refractivity contribution in [2.75, 3.05) is 25.1 Å². The highest BCUT2D eigenvalue weighted by Crippen LogP contribution is 2.11. The molecule has 8 heteroatoms. The predicted octanol–water partition coefficient (Wildman–Crippen LogP) is 0.551. The van der Waals surface area contributed by atoms with Crippen molar-refractivity contribution in [2.45, 2.75) is 24.9 Å². The van der Waals surface area contributed by atoms with Crippen LogP contribution in [0.5, 0.6) is 0 Å². The number of thioether (sulfide) groups is 1. The van der Waals surface area contributed by atoms with Crippen LogP contribution in [-0.4, -0.2) is 43.7 Å². The molecule has 0 aromatic carbocycles. The molecule has 0 bridgehead atoms. The lowest BCUT2D eigenvalue weighted by Crippen LogP contribution is -2.27. The van der Waals surface area contributed by atoms with Gasteiger partial charge in [-0.25, -0.2) is 13.1 Å². The maximum absolute atomic E-state index is 12.0. The predicted molar refractivity (Wildman–Crippen MR) is 74.2 cm³/mol. The average Bonchev–Trinajstić information content (AvgIpc) is 2.78. The van der Waals surface area contributed by atoms with Crippen molar-refractivity contribution < 1.29 is 8.42 Å². The second kappa shape index (κ2) is 7.78. The van der Waals surface area contributed by atoms with Crippen LogP contribution in [0.4, 0.5) is 0 Å². The molecular weight excluding hydrogens is 272 g/mol. The summed E-state index contributed by atoms with van der Waals surface area (Å²) in [6.07, 6.45) is 2.35. The number of aromatic nitrogens is 2. The zero-order valence-corrected chi connectivity index (χ0v) is 12.3. The SMILES string of the molecule is CCSCCCNS(=O)(=O)c1[nH]ncc1CNC. The average molecular weight is 292 g/mol. The quantitative estimate of drug-likeness (QED) is 0.579. The van der Waals surface area contributed by atoms with Gasteiger partial charge in [0.25, 0.3) is 10.0 Å². The number of aromatic amines is 1. The van der Waals surface area contributed by atoms with Crippen molar-refractivity contribution in [1.29, 1.82) is 0 Å². The number of rotatable bonds is 9. The molecule has 1 heterocycles. The summed E-state index contributed by atoms with van der Waals surface area (Å²) in [5, 5.41) is 9.38. The number of sulfonamides is 1. The van der Waals surface area contributed by atoms with E-state index >= 15 is 0 Å². The topological polar surface area (TPSA) is 86.9 Å². The minimum atomic E-state index is -3.47. The Morgan fingerprint density at radius 2 is 2.28 bits per heavy atom. The third-order valence-corrected chi connectivity index (χ3v) is 4.74. The fourth-order valence-electron chi connectivity index (χ4n) is 1.45. The minimum Gasteiger partial charge on any atom is -0.316 e. The molecule has 104 valence electrons. The van der Waals surface area contributed by atoms with Gasteiger partial charge in [-0.2, -0.15) is 16.9 Å². The Bertz CT molecular complexity index is 444. The fourth-order valence-corrected chi connectivity index (χ4v) is 3.28. The van der Waals surface area contributed by atoms with Crippen LogP contribution in [0.3, 0.4) is 0 Å². The molecule has 0 atom stereocenters. The molecule has 0 aliphatic carbocycles. The summed E-state index contributed by atoms with van der Waals surface area (Å²) >= 11 is 1.80. The first-order valence-electron chi connectivity index (χ1n) is 5.86. The van der Waals surface area contributed by atoms with Crippen LogP contribution in [-0.2, 0) is 16.6 Å². The lowest BCUT2D eigenvalue weighted by molar-refractivity contribution is 0.574. The molecule has 0 amide bonds. The van der Waals surface area contributed by atoms with Crippen molar-refractivity contribution in [3.63, 3.8) is 0 Å². The molecule has 0 saturated heterocycles. The summed E-state index contributed by atoms with van der Waals surface area (Å²) in [7, 11) is -1.71. The third-order valence-electron chi connectivity index (χ3n) is 2.28. The van der Waals surface area contributed by atoms with Gasteiger partial charge in [0.1, 0.15) is 0 Å². The van der Waals surface area contributed by atoms with Gasteiger partial charge in [0, 0.05) is 18.7 Å². The Morgan fingerprint density at radius 1 is 1.50 bits per heavy atom. The zero-order valence-electron chi connectivity index (χ0n) is 10.7. The van der Waals surface area contributed by atoms with Crippen LogP contribution in [0.25, 0.3) is 0 Å². The van der Waals surface area contributed by atoms with E-state index in [4.69, 9.17) is 0 Å². The van der Waals surface area contributed by atoms with Crippen LogP contribution < -0.4 is 10.0 Å². The van der Waals surface area contributed by atoms with Gasteiger partial charge in [-0.3, -0.25) is 5.10 Å². The number of hydrogen-bond donors (Lipinski definition) is 3. The Kier molecular flexibility index (Phi) is 6.69. The zero-order chi connectivity index (χ0) is 13.4. The fraction of sp³-hybridized carbons (Fsp3) is 0.700. The Hall–Kier alpha value is -0.570. The standard InChI is InChI=1S/C10H20N4O2S2/c1-3-17-6-4-5-13-18(15,16)10-9(7-11-2)8-12-14-10/h8,11,13H,3-7H2,1-2H3,(H,12,14). The number of H-pyrrole nitrogens is 1. The van der Waals surface area contributed by atoms with Gasteiger partial charge >= 0.3 is 0 Å². The molecule has 1 aromatic rings. The second-order valence-electron chi connectivity index (χ2n) is 3.70. The van der Waals surface area contributed by atoms with Crippen LogP contribution in [0.1, 0.15) is 18.9 Å². The van der Waals surface area contributed by atoms with Crippen LogP contribution in [0.15, 0.2) is 11.2 Å². The molecule has 18 heavy (non-hydrogen) atoms. The summed E-state index contributed by atoms with van der Waals surface area (Å²) < 4.78 is 26.6. The monoisotopic (exact) mass is 292 g/mol. The smallest absolute Gasteiger partial charge is 0.257 e. The van der Waals surface area contributed by atoms with E-state index in [9.17, 15) is 8.42 Å². The molecular formula is C10H20N4O2S2. The van der Waals surface area contributed by atoms with E-state index in [-0.39, 0.29) is 5.03 Å². The third kappa shape index (κ3) is 4.60. The van der Waals surface area contributed by atoms with E-state index < -0.39 is 10.0 Å². The Labute approximate surface area is 112 Å². The largest absolute Gasteiger partial charge is 0.316 e. The highest BCUT2D eigenvalue weighted by Gasteiger charge is 2.19. The molecule has 0 fully saturated rings. The molecule has 0 unspecified atom stereocenters. The van der Waals surface area contributed by atoms with Gasteiger partial charge in [0.2, 0.25) is 0 Å². The van der Waals surface area contributed by atoms with Crippen molar-refractivity contribution in [3.05, 3.63) is 11.8 Å². The first-order chi connectivity index (χ1) is 8.61. The maximum Gasteiger partial charge on any atom is 0.257 e. The van der Waals surface area contributed by atoms with E-state index in [1.165, 1.54) is 6.20 Å². The highest BCUT2D eigenvalue weighted by molar-refractivity contribution is 7.99. The van der Waals surface area contributed by atoms with Crippen molar-refractivity contribution in [3.8, 4) is 0 Å². The summed E-state index contributed by atoms with van der Waals surface area (Å²) in [6.45, 7) is 3.01. The number of nitrogens with one attached hydrogen (secondary N) is 3. The first-order valence-corrected chi connectivity index (χ1v) is 8.50. The molecule has 1 aromatic heterocycles. The van der Waals surface area contributed by atoms with Crippen LogP contribution in [0.2, 0.25) is 0 Å². The minimum absolute atomic E-state index is 0.153. The van der Waals surface area contributed by atoms with E-state index in [0.717, 1.165) is 17.9 Å². The Morgan fingerprint density at radius 3 is 2.94 bits per heavy atom. The summed E-state index contributed by atoms with van der Waals surface area (Å²) in [5.41, 5.74) is 0.646. The first kappa shape index (κ1) is 15.5. The lowest BCUT2D eigenvalue weighted by atomic mass is 10.4. The van der Waals surface area contributed by atoms with E-state index in [1.54, 1.807) is 18.8 Å². The van der Waals surface area contributed by atoms with Crippen LogP contribution >= 0.6 is 11.8 Å². The van der Waals surface area contributed by atoms with E-state index in [2.05, 4.69) is 27.2 Å².